The fourth-order valence-electron chi connectivity index (χ4n) is 2.67. The molecule has 114 valence electrons. The van der Waals surface area contributed by atoms with Crippen LogP contribution in [0.15, 0.2) is 22.7 Å². The lowest BCUT2D eigenvalue weighted by molar-refractivity contribution is -0.137. The SMILES string of the molecule is O=C(O)CCC1CCCCN1C(=O)c1cc(Br)ccc1F. The molecule has 1 aliphatic heterocycles. The van der Waals surface area contributed by atoms with E-state index in [-0.39, 0.29) is 23.9 Å². The Bertz CT molecular complexity index is 550. The summed E-state index contributed by atoms with van der Waals surface area (Å²) >= 11 is 3.24. The summed E-state index contributed by atoms with van der Waals surface area (Å²) in [7, 11) is 0. The Morgan fingerprint density at radius 3 is 2.86 bits per heavy atom. The van der Waals surface area contributed by atoms with Gasteiger partial charge in [0.25, 0.3) is 5.91 Å². The summed E-state index contributed by atoms with van der Waals surface area (Å²) in [5, 5.41) is 8.80. The van der Waals surface area contributed by atoms with E-state index < -0.39 is 11.8 Å². The molecule has 0 aromatic heterocycles. The minimum Gasteiger partial charge on any atom is -0.481 e. The summed E-state index contributed by atoms with van der Waals surface area (Å²) in [6.07, 6.45) is 3.04. The minimum atomic E-state index is -0.874. The zero-order valence-corrected chi connectivity index (χ0v) is 13.1. The highest BCUT2D eigenvalue weighted by molar-refractivity contribution is 9.10. The summed E-state index contributed by atoms with van der Waals surface area (Å²) in [6.45, 7) is 0.551. The fraction of sp³-hybridized carbons (Fsp3) is 0.467. The van der Waals surface area contributed by atoms with E-state index in [9.17, 15) is 14.0 Å². The lowest BCUT2D eigenvalue weighted by Crippen LogP contribution is -2.44. The molecule has 6 heteroatoms. The Morgan fingerprint density at radius 1 is 1.38 bits per heavy atom. The van der Waals surface area contributed by atoms with Crippen LogP contribution in [0.4, 0.5) is 4.39 Å². The van der Waals surface area contributed by atoms with Crippen LogP contribution in [0.2, 0.25) is 0 Å². The van der Waals surface area contributed by atoms with Gasteiger partial charge in [0.2, 0.25) is 0 Å². The van der Waals surface area contributed by atoms with Gasteiger partial charge in [-0.25, -0.2) is 4.39 Å². The van der Waals surface area contributed by atoms with E-state index in [0.717, 1.165) is 19.3 Å². The molecule has 1 unspecified atom stereocenters. The fourth-order valence-corrected chi connectivity index (χ4v) is 3.04. The normalized spacial score (nSPS) is 18.6. The Hall–Kier alpha value is -1.43. The highest BCUT2D eigenvalue weighted by Crippen LogP contribution is 2.25. The third-order valence-corrected chi connectivity index (χ3v) is 4.23. The zero-order valence-electron chi connectivity index (χ0n) is 11.5. The maximum absolute atomic E-state index is 13.9. The van der Waals surface area contributed by atoms with Crippen LogP contribution in [-0.4, -0.2) is 34.5 Å². The second-order valence-corrected chi connectivity index (χ2v) is 6.12. The molecule has 2 rings (SSSR count). The van der Waals surface area contributed by atoms with Gasteiger partial charge in [-0.15, -0.1) is 0 Å². The van der Waals surface area contributed by atoms with Gasteiger partial charge in [-0.2, -0.15) is 0 Å². The molecule has 1 aromatic rings. The van der Waals surface area contributed by atoms with E-state index in [2.05, 4.69) is 15.9 Å². The van der Waals surface area contributed by atoms with Crippen LogP contribution in [0.1, 0.15) is 42.5 Å². The summed E-state index contributed by atoms with van der Waals surface area (Å²) in [6, 6.07) is 4.15. The van der Waals surface area contributed by atoms with Crippen LogP contribution in [0.5, 0.6) is 0 Å². The van der Waals surface area contributed by atoms with Crippen molar-refractivity contribution in [2.75, 3.05) is 6.54 Å². The van der Waals surface area contributed by atoms with Crippen LogP contribution in [0.3, 0.4) is 0 Å². The number of piperidine rings is 1. The predicted octanol–water partition coefficient (Wildman–Crippen LogP) is 3.45. The maximum atomic E-state index is 13.9. The monoisotopic (exact) mass is 357 g/mol. The summed E-state index contributed by atoms with van der Waals surface area (Å²) in [4.78, 5) is 24.9. The van der Waals surface area contributed by atoms with Gasteiger partial charge in [-0.1, -0.05) is 15.9 Å². The van der Waals surface area contributed by atoms with Crippen LogP contribution in [0.25, 0.3) is 0 Å². The number of nitrogens with zero attached hydrogens (tertiary/aromatic N) is 1. The lowest BCUT2D eigenvalue weighted by atomic mass is 9.97. The van der Waals surface area contributed by atoms with Crippen molar-refractivity contribution in [3.05, 3.63) is 34.1 Å². The number of halogens is 2. The molecule has 4 nitrogen and oxygen atoms in total. The molecule has 1 N–H and O–H groups in total. The van der Waals surface area contributed by atoms with E-state index in [0.29, 0.717) is 17.4 Å². The lowest BCUT2D eigenvalue weighted by Gasteiger charge is -2.35. The van der Waals surface area contributed by atoms with Crippen molar-refractivity contribution in [3.8, 4) is 0 Å². The van der Waals surface area contributed by atoms with E-state index in [4.69, 9.17) is 5.11 Å². The summed E-state index contributed by atoms with van der Waals surface area (Å²) in [5.41, 5.74) is 0.0339. The largest absolute Gasteiger partial charge is 0.481 e. The Kier molecular flexibility index (Phi) is 5.33. The van der Waals surface area contributed by atoms with E-state index >= 15 is 0 Å². The second kappa shape index (κ2) is 7.02. The number of benzene rings is 1. The van der Waals surface area contributed by atoms with Crippen molar-refractivity contribution >= 4 is 27.8 Å². The van der Waals surface area contributed by atoms with Crippen molar-refractivity contribution < 1.29 is 19.1 Å². The molecule has 21 heavy (non-hydrogen) atoms. The average Bonchev–Trinajstić information content (AvgIpc) is 2.47. The number of hydrogen-bond donors (Lipinski definition) is 1. The molecule has 1 amide bonds. The highest BCUT2D eigenvalue weighted by Gasteiger charge is 2.29. The standard InChI is InChI=1S/C15H17BrFNO3/c16-10-4-6-13(17)12(9-10)15(21)18-8-2-1-3-11(18)5-7-14(19)20/h4,6,9,11H,1-3,5,7-8H2,(H,19,20). The van der Waals surface area contributed by atoms with Crippen LogP contribution < -0.4 is 0 Å². The van der Waals surface area contributed by atoms with Gasteiger partial charge < -0.3 is 10.0 Å². The topological polar surface area (TPSA) is 57.6 Å². The number of carbonyl (C=O) groups excluding carboxylic acids is 1. The predicted molar refractivity (Wildman–Crippen MR) is 79.6 cm³/mol. The maximum Gasteiger partial charge on any atom is 0.303 e. The number of carboxylic acid groups (broad SMARTS) is 1. The van der Waals surface area contributed by atoms with Crippen molar-refractivity contribution in [2.24, 2.45) is 0 Å². The van der Waals surface area contributed by atoms with Gasteiger partial charge in [-0.3, -0.25) is 9.59 Å². The quantitative estimate of drug-likeness (QED) is 0.897. The Balaban J connectivity index is 2.18. The number of hydrogen-bond acceptors (Lipinski definition) is 2. The second-order valence-electron chi connectivity index (χ2n) is 5.20. The third-order valence-electron chi connectivity index (χ3n) is 3.74. The van der Waals surface area contributed by atoms with Gasteiger partial charge in [0.15, 0.2) is 0 Å². The summed E-state index contributed by atoms with van der Waals surface area (Å²) < 4.78 is 14.5. The molecule has 1 aliphatic rings. The molecule has 0 saturated carbocycles. The molecule has 1 aromatic carbocycles. The van der Waals surface area contributed by atoms with Gasteiger partial charge in [0.05, 0.1) is 5.56 Å². The first-order valence-corrected chi connectivity index (χ1v) is 7.76. The van der Waals surface area contributed by atoms with Crippen molar-refractivity contribution in [3.63, 3.8) is 0 Å². The average molecular weight is 358 g/mol. The van der Waals surface area contributed by atoms with E-state index in [1.807, 2.05) is 0 Å². The first kappa shape index (κ1) is 15.9. The van der Waals surface area contributed by atoms with Gasteiger partial charge in [-0.05, 0) is 43.9 Å². The molecular formula is C15H17BrFNO3. The number of carbonyl (C=O) groups is 2. The number of aliphatic carboxylic acids is 1. The molecule has 0 radical (unpaired) electrons. The van der Waals surface area contributed by atoms with Crippen LogP contribution in [-0.2, 0) is 4.79 Å². The Morgan fingerprint density at radius 2 is 2.14 bits per heavy atom. The highest BCUT2D eigenvalue weighted by atomic mass is 79.9. The number of carboxylic acids is 1. The Labute approximate surface area is 131 Å². The molecule has 1 atom stereocenters. The van der Waals surface area contributed by atoms with Crippen molar-refractivity contribution in [1.29, 1.82) is 0 Å². The minimum absolute atomic E-state index is 0.0232. The third kappa shape index (κ3) is 4.03. The van der Waals surface area contributed by atoms with Crippen molar-refractivity contribution in [1.82, 2.24) is 4.90 Å². The molecule has 1 heterocycles. The molecule has 0 spiro atoms. The molecule has 0 bridgehead atoms. The smallest absolute Gasteiger partial charge is 0.303 e. The van der Waals surface area contributed by atoms with Crippen LogP contribution in [0, 0.1) is 5.82 Å². The molecule has 1 fully saturated rings. The van der Waals surface area contributed by atoms with Gasteiger partial charge in [0.1, 0.15) is 5.82 Å². The van der Waals surface area contributed by atoms with Gasteiger partial charge >= 0.3 is 5.97 Å². The first-order valence-electron chi connectivity index (χ1n) is 6.97. The van der Waals surface area contributed by atoms with E-state index in [1.54, 1.807) is 11.0 Å². The molecular weight excluding hydrogens is 341 g/mol. The van der Waals surface area contributed by atoms with E-state index in [1.165, 1.54) is 12.1 Å². The number of rotatable bonds is 4. The summed E-state index contributed by atoms with van der Waals surface area (Å²) in [5.74, 6) is -1.78. The van der Waals surface area contributed by atoms with Crippen molar-refractivity contribution in [2.45, 2.75) is 38.1 Å². The molecule has 0 aliphatic carbocycles. The number of amides is 1. The van der Waals surface area contributed by atoms with Crippen LogP contribution >= 0.6 is 15.9 Å². The first-order chi connectivity index (χ1) is 9.99. The van der Waals surface area contributed by atoms with Gasteiger partial charge in [0, 0.05) is 23.5 Å². The zero-order chi connectivity index (χ0) is 15.4. The number of likely N-dealkylation sites (tertiary alicyclic amines) is 1. The molecule has 1 saturated heterocycles.